The zero-order valence-corrected chi connectivity index (χ0v) is 17.6. The molecule has 1 aliphatic rings. The second kappa shape index (κ2) is 11.3. The van der Waals surface area contributed by atoms with E-state index in [-0.39, 0.29) is 18.8 Å². The molecule has 3 atom stereocenters. The number of carbonyl (C=O) groups excluding carboxylic acids is 1. The minimum Gasteiger partial charge on any atom is -0.496 e. The fraction of sp³-hybridized carbons (Fsp3) is 0.429. The van der Waals surface area contributed by atoms with Gasteiger partial charge in [-0.05, 0) is 18.2 Å². The molecule has 2 heterocycles. The summed E-state index contributed by atoms with van der Waals surface area (Å²) in [6.45, 7) is 0.943. The lowest BCUT2D eigenvalue weighted by molar-refractivity contribution is -0.215. The lowest BCUT2D eigenvalue weighted by atomic mass is 9.85. The van der Waals surface area contributed by atoms with Crippen LogP contribution < -0.4 is 10.1 Å². The Morgan fingerprint density at radius 1 is 1.30 bits per heavy atom. The molecule has 33 heavy (non-hydrogen) atoms. The summed E-state index contributed by atoms with van der Waals surface area (Å²) in [4.78, 5) is 13.8. The number of amides is 1. The predicted molar refractivity (Wildman–Crippen MR) is 105 cm³/mol. The van der Waals surface area contributed by atoms with Gasteiger partial charge in [-0.25, -0.2) is 13.2 Å². The van der Waals surface area contributed by atoms with Gasteiger partial charge in [0.05, 0.1) is 43.5 Å². The smallest absolute Gasteiger partial charge is 0.414 e. The van der Waals surface area contributed by atoms with Crippen LogP contribution in [-0.4, -0.2) is 42.5 Å². The highest BCUT2D eigenvalue weighted by molar-refractivity contribution is 5.70. The maximum Gasteiger partial charge on any atom is 0.414 e. The molecule has 12 heteroatoms. The number of aromatic nitrogens is 1. The van der Waals surface area contributed by atoms with E-state index in [1.807, 2.05) is 0 Å². The largest absolute Gasteiger partial charge is 0.496 e. The fourth-order valence-corrected chi connectivity index (χ4v) is 3.47. The van der Waals surface area contributed by atoms with E-state index in [4.69, 9.17) is 14.6 Å². The van der Waals surface area contributed by atoms with Gasteiger partial charge < -0.3 is 19.9 Å². The van der Waals surface area contributed by atoms with Crippen LogP contribution in [0.1, 0.15) is 36.1 Å². The third-order valence-corrected chi connectivity index (χ3v) is 5.10. The number of pyridine rings is 1. The lowest BCUT2D eigenvalue weighted by Gasteiger charge is -2.23. The van der Waals surface area contributed by atoms with Crippen molar-refractivity contribution in [3.05, 3.63) is 53.1 Å². The number of hydrogen-bond acceptors (Lipinski definition) is 5. The van der Waals surface area contributed by atoms with Gasteiger partial charge in [0, 0.05) is 17.4 Å². The number of halogens is 6. The van der Waals surface area contributed by atoms with Crippen molar-refractivity contribution in [2.75, 3.05) is 19.0 Å². The molecule has 3 rings (SSSR count). The van der Waals surface area contributed by atoms with Gasteiger partial charge in [-0.15, -0.1) is 0 Å². The highest BCUT2D eigenvalue weighted by Crippen LogP contribution is 2.46. The summed E-state index contributed by atoms with van der Waals surface area (Å²) >= 11 is 0. The van der Waals surface area contributed by atoms with E-state index in [1.165, 1.54) is 19.2 Å². The van der Waals surface area contributed by atoms with Gasteiger partial charge in [0.15, 0.2) is 6.10 Å². The SMILES string of the molecule is COc1c(C2COC(C(F)(F)F)C2C)ccc(F)c1C(F)F.O=CNc1ccc(CO)nc1. The summed E-state index contributed by atoms with van der Waals surface area (Å²) in [6, 6.07) is 5.30. The Balaban J connectivity index is 0.000000294. The zero-order chi connectivity index (χ0) is 24.8. The molecule has 1 fully saturated rings. The van der Waals surface area contributed by atoms with E-state index in [0.717, 1.165) is 13.2 Å². The van der Waals surface area contributed by atoms with Crippen molar-refractivity contribution in [3.63, 3.8) is 0 Å². The number of hydrogen-bond donors (Lipinski definition) is 2. The molecule has 0 bridgehead atoms. The number of benzene rings is 1. The zero-order valence-electron chi connectivity index (χ0n) is 17.6. The van der Waals surface area contributed by atoms with Crippen LogP contribution in [0.5, 0.6) is 5.75 Å². The molecule has 182 valence electrons. The van der Waals surface area contributed by atoms with E-state index in [0.29, 0.717) is 17.8 Å². The molecule has 1 aromatic heterocycles. The summed E-state index contributed by atoms with van der Waals surface area (Å²) in [5.74, 6) is -3.38. The molecule has 2 N–H and O–H groups in total. The summed E-state index contributed by atoms with van der Waals surface area (Å²) in [5.41, 5.74) is 0.361. The fourth-order valence-electron chi connectivity index (χ4n) is 3.47. The van der Waals surface area contributed by atoms with Crippen molar-refractivity contribution in [3.8, 4) is 5.75 Å². The number of carbonyl (C=O) groups is 1. The normalized spacial score (nSPS) is 20.2. The second-order valence-corrected chi connectivity index (χ2v) is 7.10. The average molecular weight is 480 g/mol. The number of aliphatic hydroxyl groups is 1. The second-order valence-electron chi connectivity index (χ2n) is 7.10. The summed E-state index contributed by atoms with van der Waals surface area (Å²) < 4.78 is 87.6. The molecular formula is C21H22F6N2O4. The molecule has 0 spiro atoms. The summed E-state index contributed by atoms with van der Waals surface area (Å²) in [7, 11) is 1.08. The molecule has 0 saturated carbocycles. The van der Waals surface area contributed by atoms with E-state index in [2.05, 4.69) is 10.3 Å². The molecule has 2 aromatic rings. The molecule has 0 radical (unpaired) electrons. The van der Waals surface area contributed by atoms with Crippen LogP contribution in [-0.2, 0) is 16.1 Å². The highest BCUT2D eigenvalue weighted by Gasteiger charge is 2.51. The molecule has 0 aliphatic carbocycles. The van der Waals surface area contributed by atoms with Gasteiger partial charge in [-0.2, -0.15) is 13.2 Å². The first kappa shape index (κ1) is 26.4. The molecule has 1 amide bonds. The van der Waals surface area contributed by atoms with E-state index in [1.54, 1.807) is 12.1 Å². The number of nitrogens with one attached hydrogen (secondary N) is 1. The van der Waals surface area contributed by atoms with Crippen molar-refractivity contribution >= 4 is 12.1 Å². The Bertz CT molecular complexity index is 924. The standard InChI is InChI=1S/C14H14F6O2.C7H8N2O2/c1-6-8(5-22-12(6)14(18,19)20)7-3-4-9(15)10(13(16)17)11(7)21-2;10-4-7-2-1-6(3-8-7)9-5-11/h3-4,6,8,12-13H,5H2,1-2H3;1-3,5,10H,4H2,(H,9,11). The van der Waals surface area contributed by atoms with Gasteiger partial charge in [-0.3, -0.25) is 9.78 Å². The van der Waals surface area contributed by atoms with Crippen LogP contribution in [0, 0.1) is 11.7 Å². The monoisotopic (exact) mass is 480 g/mol. The quantitative estimate of drug-likeness (QED) is 0.467. The average Bonchev–Trinajstić information content (AvgIpc) is 3.16. The maximum atomic E-state index is 13.5. The first-order valence-electron chi connectivity index (χ1n) is 9.63. The van der Waals surface area contributed by atoms with Crippen molar-refractivity contribution < 1.29 is 45.7 Å². The van der Waals surface area contributed by atoms with Crippen molar-refractivity contribution in [1.29, 1.82) is 0 Å². The minimum absolute atomic E-state index is 0.0820. The maximum absolute atomic E-state index is 13.5. The van der Waals surface area contributed by atoms with Crippen molar-refractivity contribution in [2.45, 2.75) is 38.2 Å². The summed E-state index contributed by atoms with van der Waals surface area (Å²) in [6.07, 6.45) is -7.60. The van der Waals surface area contributed by atoms with Gasteiger partial charge in [0.25, 0.3) is 6.43 Å². The number of methoxy groups -OCH3 is 1. The Labute approximate surface area is 185 Å². The Morgan fingerprint density at radius 2 is 2.00 bits per heavy atom. The minimum atomic E-state index is -4.55. The van der Waals surface area contributed by atoms with E-state index < -0.39 is 47.7 Å². The van der Waals surface area contributed by atoms with Gasteiger partial charge in [-0.1, -0.05) is 13.0 Å². The first-order chi connectivity index (χ1) is 15.5. The summed E-state index contributed by atoms with van der Waals surface area (Å²) in [5, 5.41) is 11.0. The molecular weight excluding hydrogens is 458 g/mol. The molecule has 1 saturated heterocycles. The number of nitrogens with zero attached hydrogens (tertiary/aromatic N) is 1. The molecule has 1 aromatic carbocycles. The predicted octanol–water partition coefficient (Wildman–Crippen LogP) is 4.59. The van der Waals surface area contributed by atoms with Crippen LogP contribution >= 0.6 is 0 Å². The molecule has 1 aliphatic heterocycles. The third-order valence-electron chi connectivity index (χ3n) is 5.10. The van der Waals surface area contributed by atoms with Crippen LogP contribution in [0.3, 0.4) is 0 Å². The number of alkyl halides is 5. The Hall–Kier alpha value is -2.86. The van der Waals surface area contributed by atoms with Crippen LogP contribution in [0.25, 0.3) is 0 Å². The van der Waals surface area contributed by atoms with E-state index in [9.17, 15) is 31.1 Å². The topological polar surface area (TPSA) is 80.7 Å². The molecule has 3 unspecified atom stereocenters. The van der Waals surface area contributed by atoms with Gasteiger partial charge >= 0.3 is 6.18 Å². The van der Waals surface area contributed by atoms with Crippen LogP contribution in [0.2, 0.25) is 0 Å². The van der Waals surface area contributed by atoms with Crippen LogP contribution in [0.15, 0.2) is 30.5 Å². The number of rotatable bonds is 6. The molecule has 6 nitrogen and oxygen atoms in total. The highest BCUT2D eigenvalue weighted by atomic mass is 19.4. The van der Waals surface area contributed by atoms with Gasteiger partial charge in [0.2, 0.25) is 6.41 Å². The van der Waals surface area contributed by atoms with Crippen LogP contribution in [0.4, 0.5) is 32.0 Å². The van der Waals surface area contributed by atoms with Crippen molar-refractivity contribution in [2.24, 2.45) is 5.92 Å². The Morgan fingerprint density at radius 3 is 2.45 bits per heavy atom. The van der Waals surface area contributed by atoms with Crippen molar-refractivity contribution in [1.82, 2.24) is 4.98 Å². The third kappa shape index (κ3) is 6.35. The number of ether oxygens (including phenoxy) is 2. The lowest BCUT2D eigenvalue weighted by Crippen LogP contribution is -2.33. The first-order valence-corrected chi connectivity index (χ1v) is 9.63. The van der Waals surface area contributed by atoms with Gasteiger partial charge in [0.1, 0.15) is 11.6 Å². The van der Waals surface area contributed by atoms with E-state index >= 15 is 0 Å². The number of anilines is 1. The Kier molecular flexibility index (Phi) is 9.06. The number of aliphatic hydroxyl groups excluding tert-OH is 1.